The maximum atomic E-state index is 9.23. The number of hydrogen-bond donors (Lipinski definition) is 1. The molecule has 0 spiro atoms. The van der Waals surface area contributed by atoms with Gasteiger partial charge in [0, 0.05) is 0 Å². The average Bonchev–Trinajstić information content (AvgIpc) is 2.11. The molecule has 13 heavy (non-hydrogen) atoms. The van der Waals surface area contributed by atoms with Crippen molar-refractivity contribution in [2.24, 2.45) is 0 Å². The van der Waals surface area contributed by atoms with Gasteiger partial charge in [0.25, 0.3) is 0 Å². The van der Waals surface area contributed by atoms with Crippen LogP contribution in [0, 0.1) is 0 Å². The third-order valence-corrected chi connectivity index (χ3v) is 4.56. The highest BCUT2D eigenvalue weighted by Gasteiger charge is 2.21. The van der Waals surface area contributed by atoms with Crippen molar-refractivity contribution >= 4 is 8.32 Å². The Labute approximate surface area is 82.7 Å². The van der Waals surface area contributed by atoms with E-state index in [1.807, 2.05) is 0 Å². The van der Waals surface area contributed by atoms with Crippen LogP contribution in [0.3, 0.4) is 0 Å². The summed E-state index contributed by atoms with van der Waals surface area (Å²) in [4.78, 5) is 0. The fourth-order valence-corrected chi connectivity index (χ4v) is 3.02. The molecule has 0 fully saturated rings. The molecule has 0 saturated heterocycles. The summed E-state index contributed by atoms with van der Waals surface area (Å²) in [7, 11) is -1.51. The average molecular weight is 202 g/mol. The first kappa shape index (κ1) is 12.9. The minimum absolute atomic E-state index is 0.409. The number of rotatable bonds is 7. The van der Waals surface area contributed by atoms with Crippen molar-refractivity contribution in [3.05, 3.63) is 12.7 Å². The van der Waals surface area contributed by atoms with Gasteiger partial charge >= 0.3 is 0 Å². The highest BCUT2D eigenvalue weighted by atomic mass is 28.4. The van der Waals surface area contributed by atoms with E-state index in [4.69, 9.17) is 4.43 Å². The zero-order chi connectivity index (χ0) is 10.3. The molecule has 78 valence electrons. The zero-order valence-electron chi connectivity index (χ0n) is 9.05. The Morgan fingerprint density at radius 3 is 2.62 bits per heavy atom. The van der Waals surface area contributed by atoms with E-state index in [9.17, 15) is 5.11 Å². The zero-order valence-corrected chi connectivity index (χ0v) is 10.0. The van der Waals surface area contributed by atoms with E-state index in [1.54, 1.807) is 0 Å². The quantitative estimate of drug-likeness (QED) is 0.508. The summed E-state index contributed by atoms with van der Waals surface area (Å²) in [5, 5.41) is 9.23. The van der Waals surface area contributed by atoms with Crippen LogP contribution in [0.5, 0.6) is 0 Å². The molecule has 1 unspecified atom stereocenters. The summed E-state index contributed by atoms with van der Waals surface area (Å²) < 4.78 is 5.70. The summed E-state index contributed by atoms with van der Waals surface area (Å²) in [6, 6.07) is 1.17. The fourth-order valence-electron chi connectivity index (χ4n) is 1.05. The molecular weight excluding hydrogens is 180 g/mol. The Morgan fingerprint density at radius 1 is 1.54 bits per heavy atom. The van der Waals surface area contributed by atoms with Crippen LogP contribution in [0.15, 0.2) is 12.7 Å². The van der Waals surface area contributed by atoms with Crippen molar-refractivity contribution in [2.45, 2.75) is 45.0 Å². The molecule has 0 bridgehead atoms. The van der Waals surface area contributed by atoms with Crippen molar-refractivity contribution in [3.63, 3.8) is 0 Å². The first-order chi connectivity index (χ1) is 6.02. The van der Waals surface area contributed by atoms with E-state index in [0.717, 1.165) is 0 Å². The molecule has 0 aromatic heterocycles. The number of hydrogen-bond acceptors (Lipinski definition) is 2. The van der Waals surface area contributed by atoms with Crippen LogP contribution in [0.25, 0.3) is 0 Å². The second kappa shape index (κ2) is 6.35. The molecule has 0 aliphatic carbocycles. The summed E-state index contributed by atoms with van der Waals surface area (Å²) in [5.74, 6) is 0. The lowest BCUT2D eigenvalue weighted by Crippen LogP contribution is -2.33. The molecule has 1 atom stereocenters. The van der Waals surface area contributed by atoms with Gasteiger partial charge in [-0.2, -0.15) is 0 Å². The maximum Gasteiger partial charge on any atom is 0.186 e. The predicted octanol–water partition coefficient (Wildman–Crippen LogP) is 2.56. The highest BCUT2D eigenvalue weighted by Crippen LogP contribution is 2.15. The molecule has 0 aliphatic heterocycles. The van der Waals surface area contributed by atoms with Crippen molar-refractivity contribution in [2.75, 3.05) is 6.61 Å². The van der Waals surface area contributed by atoms with E-state index >= 15 is 0 Å². The molecule has 0 heterocycles. The second-order valence-electron chi connectivity index (χ2n) is 3.98. The second-order valence-corrected chi connectivity index (χ2v) is 8.29. The van der Waals surface area contributed by atoms with Crippen molar-refractivity contribution < 1.29 is 9.53 Å². The van der Waals surface area contributed by atoms with Crippen molar-refractivity contribution in [1.29, 1.82) is 0 Å². The first-order valence-electron chi connectivity index (χ1n) is 4.96. The molecular formula is C10H22O2Si. The standard InChI is InChI=1S/C10H22O2Si/c1-5-7-8-13(3,4)12-9-10(11)6-2/h6,10-11H,2,5,7-9H2,1,3-4H3. The van der Waals surface area contributed by atoms with Gasteiger partial charge in [-0.1, -0.05) is 25.8 Å². The van der Waals surface area contributed by atoms with Gasteiger partial charge in [-0.3, -0.25) is 0 Å². The molecule has 0 aliphatic rings. The van der Waals surface area contributed by atoms with Gasteiger partial charge in [-0.15, -0.1) is 6.58 Å². The van der Waals surface area contributed by atoms with E-state index in [2.05, 4.69) is 26.6 Å². The van der Waals surface area contributed by atoms with Gasteiger partial charge in [0.15, 0.2) is 8.32 Å². The lowest BCUT2D eigenvalue weighted by molar-refractivity contribution is 0.139. The molecule has 0 saturated carbocycles. The number of unbranched alkanes of at least 4 members (excludes halogenated alkanes) is 1. The lowest BCUT2D eigenvalue weighted by Gasteiger charge is -2.23. The summed E-state index contributed by atoms with van der Waals surface area (Å²) in [6.07, 6.45) is 3.45. The van der Waals surface area contributed by atoms with Crippen molar-refractivity contribution in [1.82, 2.24) is 0 Å². The Bertz CT molecular complexity index is 146. The van der Waals surface area contributed by atoms with Crippen LogP contribution in [-0.4, -0.2) is 26.1 Å². The van der Waals surface area contributed by atoms with Gasteiger partial charge < -0.3 is 9.53 Å². The highest BCUT2D eigenvalue weighted by molar-refractivity contribution is 6.71. The molecule has 1 N–H and O–H groups in total. The predicted molar refractivity (Wildman–Crippen MR) is 59.4 cm³/mol. The SMILES string of the molecule is C=CC(O)CO[Si](C)(C)CCCC. The van der Waals surface area contributed by atoms with Crippen LogP contribution >= 0.6 is 0 Å². The van der Waals surface area contributed by atoms with E-state index in [1.165, 1.54) is 25.0 Å². The first-order valence-corrected chi connectivity index (χ1v) is 8.08. The van der Waals surface area contributed by atoms with Gasteiger partial charge in [0.2, 0.25) is 0 Å². The summed E-state index contributed by atoms with van der Waals surface area (Å²) >= 11 is 0. The van der Waals surface area contributed by atoms with E-state index in [0.29, 0.717) is 6.61 Å². The normalized spacial score (nSPS) is 14.2. The molecule has 0 aromatic carbocycles. The van der Waals surface area contributed by atoms with Crippen LogP contribution in [-0.2, 0) is 4.43 Å². The fraction of sp³-hybridized carbons (Fsp3) is 0.800. The summed E-state index contributed by atoms with van der Waals surface area (Å²) in [6.45, 7) is 10.5. The van der Waals surface area contributed by atoms with Gasteiger partial charge in [-0.25, -0.2) is 0 Å². The topological polar surface area (TPSA) is 29.5 Å². The van der Waals surface area contributed by atoms with Crippen LogP contribution in [0.1, 0.15) is 19.8 Å². The maximum absolute atomic E-state index is 9.23. The number of aliphatic hydroxyl groups excluding tert-OH is 1. The molecule has 0 radical (unpaired) electrons. The Hall–Kier alpha value is -0.123. The third-order valence-electron chi connectivity index (χ3n) is 2.05. The Kier molecular flexibility index (Phi) is 6.29. The smallest absolute Gasteiger partial charge is 0.186 e. The largest absolute Gasteiger partial charge is 0.414 e. The monoisotopic (exact) mass is 202 g/mol. The van der Waals surface area contributed by atoms with Crippen LogP contribution in [0.4, 0.5) is 0 Å². The molecule has 0 rings (SSSR count). The lowest BCUT2D eigenvalue weighted by atomic mass is 10.4. The van der Waals surface area contributed by atoms with E-state index in [-0.39, 0.29) is 0 Å². The summed E-state index contributed by atoms with van der Waals surface area (Å²) in [5.41, 5.74) is 0. The van der Waals surface area contributed by atoms with Gasteiger partial charge in [-0.05, 0) is 19.1 Å². The van der Waals surface area contributed by atoms with Gasteiger partial charge in [0.05, 0.1) is 12.7 Å². The molecule has 0 amide bonds. The third kappa shape index (κ3) is 6.99. The van der Waals surface area contributed by atoms with Crippen LogP contribution < -0.4 is 0 Å². The molecule has 2 nitrogen and oxygen atoms in total. The minimum Gasteiger partial charge on any atom is -0.414 e. The molecule has 0 aromatic rings. The Morgan fingerprint density at radius 2 is 2.15 bits per heavy atom. The Balaban J connectivity index is 3.67. The number of aliphatic hydroxyl groups is 1. The van der Waals surface area contributed by atoms with E-state index < -0.39 is 14.4 Å². The van der Waals surface area contributed by atoms with Gasteiger partial charge in [0.1, 0.15) is 0 Å². The minimum atomic E-state index is -1.51. The van der Waals surface area contributed by atoms with Crippen LogP contribution in [0.2, 0.25) is 19.1 Å². The van der Waals surface area contributed by atoms with Crippen molar-refractivity contribution in [3.8, 4) is 0 Å². The molecule has 3 heteroatoms.